The maximum atomic E-state index is 9.58. The molecule has 0 aromatic heterocycles. The molecule has 1 nitrogen and oxygen atoms in total. The zero-order valence-corrected chi connectivity index (χ0v) is 7.30. The Kier molecular flexibility index (Phi) is 2.50. The molecule has 0 bridgehead atoms. The summed E-state index contributed by atoms with van der Waals surface area (Å²) in [7, 11) is 0. The predicted molar refractivity (Wildman–Crippen MR) is 47.3 cm³/mol. The van der Waals surface area contributed by atoms with E-state index < -0.39 is 0 Å². The third kappa shape index (κ3) is 1.93. The van der Waals surface area contributed by atoms with E-state index in [4.69, 9.17) is 0 Å². The summed E-state index contributed by atoms with van der Waals surface area (Å²) in [5.41, 5.74) is 2.05. The lowest BCUT2D eigenvalue weighted by molar-refractivity contribution is 0.173. The Labute approximate surface area is 68.4 Å². The molecule has 0 amide bonds. The monoisotopic (exact) mass is 152 g/mol. The lowest BCUT2D eigenvalue weighted by Gasteiger charge is -2.24. The van der Waals surface area contributed by atoms with Gasteiger partial charge in [0, 0.05) is 0 Å². The van der Waals surface area contributed by atoms with E-state index >= 15 is 0 Å². The first-order valence-corrected chi connectivity index (χ1v) is 4.15. The van der Waals surface area contributed by atoms with E-state index in [1.54, 1.807) is 0 Å². The SMILES string of the molecule is C=C(C)C1=CC[C@H](C)C[C@H]1O. The first-order valence-electron chi connectivity index (χ1n) is 4.15. The van der Waals surface area contributed by atoms with E-state index in [1.807, 2.05) is 6.92 Å². The quantitative estimate of drug-likeness (QED) is 0.611. The van der Waals surface area contributed by atoms with Crippen LogP contribution < -0.4 is 0 Å². The average Bonchev–Trinajstić information content (AvgIpc) is 1.85. The summed E-state index contributed by atoms with van der Waals surface area (Å²) >= 11 is 0. The van der Waals surface area contributed by atoms with Gasteiger partial charge in [-0.05, 0) is 31.3 Å². The van der Waals surface area contributed by atoms with Crippen LogP contribution >= 0.6 is 0 Å². The second kappa shape index (κ2) is 3.22. The van der Waals surface area contributed by atoms with Crippen molar-refractivity contribution in [1.82, 2.24) is 0 Å². The fourth-order valence-corrected chi connectivity index (χ4v) is 1.53. The number of aliphatic hydroxyl groups excluding tert-OH is 1. The van der Waals surface area contributed by atoms with Crippen molar-refractivity contribution in [2.45, 2.75) is 32.8 Å². The summed E-state index contributed by atoms with van der Waals surface area (Å²) in [5, 5.41) is 9.58. The first-order chi connectivity index (χ1) is 5.11. The second-order valence-electron chi connectivity index (χ2n) is 3.53. The van der Waals surface area contributed by atoms with Crippen LogP contribution in [0.15, 0.2) is 23.8 Å². The maximum Gasteiger partial charge on any atom is 0.0792 e. The number of rotatable bonds is 1. The van der Waals surface area contributed by atoms with Gasteiger partial charge in [0.15, 0.2) is 0 Å². The molecule has 0 radical (unpaired) electrons. The molecule has 0 unspecified atom stereocenters. The van der Waals surface area contributed by atoms with Crippen LogP contribution in [0.5, 0.6) is 0 Å². The minimum absolute atomic E-state index is 0.267. The van der Waals surface area contributed by atoms with Crippen molar-refractivity contribution in [1.29, 1.82) is 0 Å². The van der Waals surface area contributed by atoms with Gasteiger partial charge >= 0.3 is 0 Å². The van der Waals surface area contributed by atoms with Gasteiger partial charge in [0.05, 0.1) is 6.10 Å². The highest BCUT2D eigenvalue weighted by Crippen LogP contribution is 2.26. The number of allylic oxidation sites excluding steroid dienone is 1. The Morgan fingerprint density at radius 3 is 2.82 bits per heavy atom. The molecule has 0 saturated carbocycles. The van der Waals surface area contributed by atoms with Crippen molar-refractivity contribution >= 4 is 0 Å². The van der Waals surface area contributed by atoms with Crippen LogP contribution in [0.3, 0.4) is 0 Å². The average molecular weight is 152 g/mol. The van der Waals surface area contributed by atoms with Crippen LogP contribution in [0.1, 0.15) is 26.7 Å². The Bertz CT molecular complexity index is 191. The molecule has 0 fully saturated rings. The Morgan fingerprint density at radius 2 is 2.36 bits per heavy atom. The standard InChI is InChI=1S/C10H16O/c1-7(2)9-5-4-8(3)6-10(9)11/h5,8,10-11H,1,4,6H2,2-3H3/t8-,10+/m0/s1. The van der Waals surface area contributed by atoms with Gasteiger partial charge in [0.25, 0.3) is 0 Å². The van der Waals surface area contributed by atoms with Crippen molar-refractivity contribution in [3.63, 3.8) is 0 Å². The van der Waals surface area contributed by atoms with Gasteiger partial charge in [-0.1, -0.05) is 25.2 Å². The molecule has 0 aromatic carbocycles. The van der Waals surface area contributed by atoms with Crippen molar-refractivity contribution < 1.29 is 5.11 Å². The Hall–Kier alpha value is -0.560. The van der Waals surface area contributed by atoms with E-state index in [0.717, 1.165) is 24.0 Å². The van der Waals surface area contributed by atoms with Crippen LogP contribution in [-0.4, -0.2) is 11.2 Å². The van der Waals surface area contributed by atoms with Gasteiger partial charge in [-0.15, -0.1) is 0 Å². The summed E-state index contributed by atoms with van der Waals surface area (Å²) in [6.45, 7) is 7.94. The lowest BCUT2D eigenvalue weighted by Crippen LogP contribution is -2.19. The van der Waals surface area contributed by atoms with Gasteiger partial charge < -0.3 is 5.11 Å². The van der Waals surface area contributed by atoms with Crippen molar-refractivity contribution in [2.24, 2.45) is 5.92 Å². The van der Waals surface area contributed by atoms with Crippen LogP contribution in [0.25, 0.3) is 0 Å². The fraction of sp³-hybridized carbons (Fsp3) is 0.600. The smallest absolute Gasteiger partial charge is 0.0792 e. The first kappa shape index (κ1) is 8.54. The van der Waals surface area contributed by atoms with Crippen LogP contribution in [-0.2, 0) is 0 Å². The van der Waals surface area contributed by atoms with Crippen LogP contribution in [0.4, 0.5) is 0 Å². The summed E-state index contributed by atoms with van der Waals surface area (Å²) in [6, 6.07) is 0. The van der Waals surface area contributed by atoms with E-state index in [-0.39, 0.29) is 6.10 Å². The van der Waals surface area contributed by atoms with Gasteiger partial charge in [0.1, 0.15) is 0 Å². The molecule has 0 heterocycles. The van der Waals surface area contributed by atoms with Gasteiger partial charge in [-0.3, -0.25) is 0 Å². The van der Waals surface area contributed by atoms with E-state index in [1.165, 1.54) is 0 Å². The molecule has 2 atom stereocenters. The van der Waals surface area contributed by atoms with Gasteiger partial charge in [0.2, 0.25) is 0 Å². The minimum Gasteiger partial charge on any atom is -0.388 e. The molecule has 0 aliphatic heterocycles. The molecule has 1 aliphatic carbocycles. The lowest BCUT2D eigenvalue weighted by atomic mass is 9.86. The summed E-state index contributed by atoms with van der Waals surface area (Å²) in [6.07, 6.45) is 3.82. The highest BCUT2D eigenvalue weighted by atomic mass is 16.3. The molecule has 1 aliphatic rings. The fourth-order valence-electron chi connectivity index (χ4n) is 1.53. The molecule has 0 saturated heterocycles. The number of aliphatic hydroxyl groups is 1. The Morgan fingerprint density at radius 1 is 1.73 bits per heavy atom. The molecular formula is C10H16O. The number of hydrogen-bond donors (Lipinski definition) is 1. The Balaban J connectivity index is 2.72. The maximum absolute atomic E-state index is 9.58. The molecule has 0 aromatic rings. The number of hydrogen-bond acceptors (Lipinski definition) is 1. The normalized spacial score (nSPS) is 31.4. The van der Waals surface area contributed by atoms with Crippen LogP contribution in [0, 0.1) is 5.92 Å². The largest absolute Gasteiger partial charge is 0.388 e. The third-order valence-corrected chi connectivity index (χ3v) is 2.22. The summed E-state index contributed by atoms with van der Waals surface area (Å²) < 4.78 is 0. The molecule has 1 heteroatoms. The van der Waals surface area contributed by atoms with Crippen molar-refractivity contribution in [3.05, 3.63) is 23.8 Å². The van der Waals surface area contributed by atoms with Gasteiger partial charge in [-0.2, -0.15) is 0 Å². The molecule has 0 spiro atoms. The van der Waals surface area contributed by atoms with Gasteiger partial charge in [-0.25, -0.2) is 0 Å². The van der Waals surface area contributed by atoms with E-state index in [9.17, 15) is 5.11 Å². The van der Waals surface area contributed by atoms with Crippen molar-refractivity contribution in [2.75, 3.05) is 0 Å². The van der Waals surface area contributed by atoms with E-state index in [2.05, 4.69) is 19.6 Å². The van der Waals surface area contributed by atoms with E-state index in [0.29, 0.717) is 5.92 Å². The van der Waals surface area contributed by atoms with Crippen LogP contribution in [0.2, 0.25) is 0 Å². The topological polar surface area (TPSA) is 20.2 Å². The predicted octanol–water partition coefficient (Wildman–Crippen LogP) is 2.28. The minimum atomic E-state index is -0.267. The second-order valence-corrected chi connectivity index (χ2v) is 3.53. The zero-order chi connectivity index (χ0) is 8.43. The molecular weight excluding hydrogens is 136 g/mol. The van der Waals surface area contributed by atoms with Crippen molar-refractivity contribution in [3.8, 4) is 0 Å². The molecule has 1 rings (SSSR count). The molecule has 11 heavy (non-hydrogen) atoms. The zero-order valence-electron chi connectivity index (χ0n) is 7.30. The highest BCUT2D eigenvalue weighted by molar-refractivity contribution is 5.31. The third-order valence-electron chi connectivity index (χ3n) is 2.22. The highest BCUT2D eigenvalue weighted by Gasteiger charge is 2.19. The molecule has 1 N–H and O–H groups in total. The molecule has 62 valence electrons. The summed E-state index contributed by atoms with van der Waals surface area (Å²) in [4.78, 5) is 0. The summed E-state index contributed by atoms with van der Waals surface area (Å²) in [5.74, 6) is 0.619.